The summed E-state index contributed by atoms with van der Waals surface area (Å²) in [7, 11) is 0. The lowest BCUT2D eigenvalue weighted by atomic mass is 10.1. The molecule has 0 aliphatic heterocycles. The lowest BCUT2D eigenvalue weighted by Gasteiger charge is -2.11. The summed E-state index contributed by atoms with van der Waals surface area (Å²) in [6.07, 6.45) is 3.09. The Bertz CT molecular complexity index is 1040. The van der Waals surface area contributed by atoms with Gasteiger partial charge in [0, 0.05) is 18.0 Å². The van der Waals surface area contributed by atoms with Gasteiger partial charge >= 0.3 is 0 Å². The van der Waals surface area contributed by atoms with Gasteiger partial charge in [-0.2, -0.15) is 0 Å². The summed E-state index contributed by atoms with van der Waals surface area (Å²) in [5, 5.41) is 0.307. The number of pyridine rings is 3. The average molecular weight is 355 g/mol. The molecule has 3 aromatic rings. The molecule has 0 aromatic carbocycles. The van der Waals surface area contributed by atoms with Crippen LogP contribution in [0.15, 0.2) is 47.5 Å². The van der Waals surface area contributed by atoms with Crippen LogP contribution in [0.2, 0.25) is 5.15 Å². The van der Waals surface area contributed by atoms with Crippen molar-refractivity contribution in [2.75, 3.05) is 0 Å². The predicted molar refractivity (Wildman–Crippen MR) is 96.1 cm³/mol. The Labute approximate surface area is 148 Å². The van der Waals surface area contributed by atoms with Crippen molar-refractivity contribution < 1.29 is 4.79 Å². The third-order valence-electron chi connectivity index (χ3n) is 3.75. The second-order valence-corrected chi connectivity index (χ2v) is 6.06. The predicted octanol–water partition coefficient (Wildman–Crippen LogP) is 2.66. The number of hydrogen-bond acceptors (Lipinski definition) is 4. The minimum atomic E-state index is -0.586. The first kappa shape index (κ1) is 16.9. The average Bonchev–Trinajstić information content (AvgIpc) is 2.59. The van der Waals surface area contributed by atoms with Gasteiger partial charge in [0.25, 0.3) is 5.56 Å². The Morgan fingerprint density at radius 3 is 2.68 bits per heavy atom. The topological polar surface area (TPSA) is 90.9 Å². The van der Waals surface area contributed by atoms with Crippen molar-refractivity contribution in [1.82, 2.24) is 14.5 Å². The van der Waals surface area contributed by atoms with E-state index in [9.17, 15) is 9.59 Å². The van der Waals surface area contributed by atoms with Gasteiger partial charge in [-0.3, -0.25) is 14.2 Å². The molecule has 0 fully saturated rings. The van der Waals surface area contributed by atoms with Crippen LogP contribution in [0, 0.1) is 13.8 Å². The van der Waals surface area contributed by atoms with Crippen molar-refractivity contribution in [3.05, 3.63) is 74.9 Å². The Morgan fingerprint density at radius 2 is 1.96 bits per heavy atom. The fourth-order valence-electron chi connectivity index (χ4n) is 2.54. The Hall–Kier alpha value is -2.99. The summed E-state index contributed by atoms with van der Waals surface area (Å²) in [5.41, 5.74) is 7.86. The van der Waals surface area contributed by atoms with Crippen molar-refractivity contribution in [1.29, 1.82) is 0 Å². The molecule has 1 amide bonds. The SMILES string of the molecule is Cc1cc(-c2nc(Cl)ccc2C)c(=O)n(-c2cc(C(N)=O)ccn2)c1. The number of halogens is 1. The highest BCUT2D eigenvalue weighted by Crippen LogP contribution is 2.21. The number of aromatic nitrogens is 3. The summed E-state index contributed by atoms with van der Waals surface area (Å²) in [5.74, 6) is -0.275. The van der Waals surface area contributed by atoms with Gasteiger partial charge in [0.1, 0.15) is 11.0 Å². The maximum atomic E-state index is 13.0. The van der Waals surface area contributed by atoms with E-state index in [0.29, 0.717) is 22.2 Å². The molecule has 0 aliphatic carbocycles. The zero-order valence-electron chi connectivity index (χ0n) is 13.7. The number of nitrogens with two attached hydrogens (primary N) is 1. The fourth-order valence-corrected chi connectivity index (χ4v) is 2.69. The normalized spacial score (nSPS) is 10.7. The lowest BCUT2D eigenvalue weighted by Crippen LogP contribution is -2.22. The van der Waals surface area contributed by atoms with Gasteiger partial charge < -0.3 is 5.73 Å². The van der Waals surface area contributed by atoms with Crippen LogP contribution < -0.4 is 11.3 Å². The number of carbonyl (C=O) groups is 1. The summed E-state index contributed by atoms with van der Waals surface area (Å²) in [6.45, 7) is 3.72. The molecule has 0 unspecified atom stereocenters. The standard InChI is InChI=1S/C18H15ClN4O2/c1-10-7-13(16-11(2)3-4-14(19)22-16)18(25)23(9-10)15-8-12(17(20)24)5-6-21-15/h3-9H,1-2H3,(H2,20,24). The highest BCUT2D eigenvalue weighted by molar-refractivity contribution is 6.29. The van der Waals surface area contributed by atoms with Crippen LogP contribution in [-0.2, 0) is 0 Å². The number of aryl methyl sites for hydroxylation is 2. The molecule has 6 nitrogen and oxygen atoms in total. The zero-order valence-corrected chi connectivity index (χ0v) is 14.4. The van der Waals surface area contributed by atoms with Gasteiger partial charge in [0.15, 0.2) is 0 Å². The summed E-state index contributed by atoms with van der Waals surface area (Å²) >= 11 is 5.99. The minimum absolute atomic E-state index is 0.275. The van der Waals surface area contributed by atoms with Crippen LogP contribution in [-0.4, -0.2) is 20.4 Å². The molecule has 3 rings (SSSR count). The van der Waals surface area contributed by atoms with Crippen LogP contribution in [0.4, 0.5) is 0 Å². The fraction of sp³-hybridized carbons (Fsp3) is 0.111. The monoisotopic (exact) mass is 354 g/mol. The van der Waals surface area contributed by atoms with E-state index in [-0.39, 0.29) is 11.1 Å². The van der Waals surface area contributed by atoms with Crippen LogP contribution in [0.3, 0.4) is 0 Å². The van der Waals surface area contributed by atoms with Gasteiger partial charge in [0.2, 0.25) is 5.91 Å². The van der Waals surface area contributed by atoms with Gasteiger partial charge in [-0.25, -0.2) is 9.97 Å². The largest absolute Gasteiger partial charge is 0.366 e. The molecule has 0 atom stereocenters. The van der Waals surface area contributed by atoms with Gasteiger partial charge in [0.05, 0.1) is 11.3 Å². The van der Waals surface area contributed by atoms with E-state index >= 15 is 0 Å². The maximum Gasteiger partial charge on any atom is 0.265 e. The molecule has 0 radical (unpaired) electrons. The van der Waals surface area contributed by atoms with Gasteiger partial charge in [-0.15, -0.1) is 0 Å². The molecule has 0 saturated carbocycles. The lowest BCUT2D eigenvalue weighted by molar-refractivity contribution is 0.1000. The Kier molecular flexibility index (Phi) is 4.37. The first-order chi connectivity index (χ1) is 11.9. The van der Waals surface area contributed by atoms with Crippen LogP contribution in [0.25, 0.3) is 17.1 Å². The molecule has 0 bridgehead atoms. The number of amides is 1. The minimum Gasteiger partial charge on any atom is -0.366 e. The highest BCUT2D eigenvalue weighted by Gasteiger charge is 2.14. The quantitative estimate of drug-likeness (QED) is 0.732. The van der Waals surface area contributed by atoms with E-state index in [1.807, 2.05) is 19.9 Å². The molecular formula is C18H15ClN4O2. The number of primary amides is 1. The van der Waals surface area contributed by atoms with Gasteiger partial charge in [-0.05, 0) is 49.2 Å². The molecule has 0 saturated heterocycles. The van der Waals surface area contributed by atoms with Crippen molar-refractivity contribution in [3.8, 4) is 17.1 Å². The highest BCUT2D eigenvalue weighted by atomic mass is 35.5. The molecule has 25 heavy (non-hydrogen) atoms. The Balaban J connectivity index is 2.26. The molecule has 7 heteroatoms. The van der Waals surface area contributed by atoms with Crippen LogP contribution in [0.5, 0.6) is 0 Å². The van der Waals surface area contributed by atoms with E-state index in [2.05, 4.69) is 9.97 Å². The van der Waals surface area contributed by atoms with Crippen molar-refractivity contribution in [2.24, 2.45) is 5.73 Å². The van der Waals surface area contributed by atoms with E-state index in [4.69, 9.17) is 17.3 Å². The zero-order chi connectivity index (χ0) is 18.1. The summed E-state index contributed by atoms with van der Waals surface area (Å²) in [6, 6.07) is 8.21. The number of carbonyl (C=O) groups excluding carboxylic acids is 1. The second kappa shape index (κ2) is 6.49. The van der Waals surface area contributed by atoms with Crippen molar-refractivity contribution >= 4 is 17.5 Å². The molecule has 3 heterocycles. The van der Waals surface area contributed by atoms with Crippen LogP contribution in [0.1, 0.15) is 21.5 Å². The molecular weight excluding hydrogens is 340 g/mol. The molecule has 0 aliphatic rings. The van der Waals surface area contributed by atoms with E-state index in [1.165, 1.54) is 22.9 Å². The second-order valence-electron chi connectivity index (χ2n) is 5.67. The smallest absolute Gasteiger partial charge is 0.265 e. The van der Waals surface area contributed by atoms with Gasteiger partial charge in [-0.1, -0.05) is 17.7 Å². The molecule has 3 aromatic heterocycles. The molecule has 126 valence electrons. The number of rotatable bonds is 3. The number of nitrogens with zero attached hydrogens (tertiary/aromatic N) is 3. The summed E-state index contributed by atoms with van der Waals surface area (Å²) < 4.78 is 1.37. The third-order valence-corrected chi connectivity index (χ3v) is 3.96. The number of hydrogen-bond donors (Lipinski definition) is 1. The molecule has 0 spiro atoms. The van der Waals surface area contributed by atoms with E-state index < -0.39 is 5.91 Å². The first-order valence-corrected chi connectivity index (χ1v) is 7.87. The Morgan fingerprint density at radius 1 is 1.20 bits per heavy atom. The van der Waals surface area contributed by atoms with E-state index in [0.717, 1.165) is 11.1 Å². The third kappa shape index (κ3) is 3.29. The first-order valence-electron chi connectivity index (χ1n) is 7.50. The molecule has 2 N–H and O–H groups in total. The van der Waals surface area contributed by atoms with Crippen LogP contribution >= 0.6 is 11.6 Å². The summed E-state index contributed by atoms with van der Waals surface area (Å²) in [4.78, 5) is 32.8. The van der Waals surface area contributed by atoms with Crippen molar-refractivity contribution in [3.63, 3.8) is 0 Å². The van der Waals surface area contributed by atoms with E-state index in [1.54, 1.807) is 18.3 Å². The maximum absolute atomic E-state index is 13.0. The van der Waals surface area contributed by atoms with Crippen molar-refractivity contribution in [2.45, 2.75) is 13.8 Å².